The number of benzene rings is 1. The van der Waals surface area contributed by atoms with Crippen LogP contribution >= 0.6 is 0 Å². The van der Waals surface area contributed by atoms with Gasteiger partial charge in [0.1, 0.15) is 0 Å². The summed E-state index contributed by atoms with van der Waals surface area (Å²) in [6, 6.07) is 14.0. The van der Waals surface area contributed by atoms with Crippen LogP contribution in [0.15, 0.2) is 61.1 Å². The van der Waals surface area contributed by atoms with E-state index in [4.69, 9.17) is 5.10 Å². The second kappa shape index (κ2) is 8.00. The van der Waals surface area contributed by atoms with E-state index >= 15 is 0 Å². The molecule has 1 aromatic carbocycles. The maximum Gasteiger partial charge on any atom is 0.0973 e. The molecule has 1 aliphatic heterocycles. The molecule has 1 fully saturated rings. The van der Waals surface area contributed by atoms with Crippen LogP contribution in [0, 0.1) is 5.92 Å². The van der Waals surface area contributed by atoms with Crippen molar-refractivity contribution in [3.05, 3.63) is 66.6 Å². The largest absolute Gasteiger partial charge is 0.396 e. The lowest BCUT2D eigenvalue weighted by Gasteiger charge is -2.35. The van der Waals surface area contributed by atoms with Crippen LogP contribution in [0.3, 0.4) is 0 Å². The maximum atomic E-state index is 10.3. The van der Waals surface area contributed by atoms with Crippen molar-refractivity contribution in [2.24, 2.45) is 5.92 Å². The first-order valence-corrected chi connectivity index (χ1v) is 9.30. The molecule has 1 aliphatic rings. The summed E-state index contributed by atoms with van der Waals surface area (Å²) in [5, 5.41) is 24.4. The summed E-state index contributed by atoms with van der Waals surface area (Å²) in [6.45, 7) is 2.18. The Morgan fingerprint density at radius 3 is 2.56 bits per heavy atom. The molecule has 0 aliphatic carbocycles. The van der Waals surface area contributed by atoms with E-state index in [1.807, 2.05) is 47.1 Å². The molecule has 4 rings (SSSR count). The molecule has 0 saturated carbocycles. The minimum absolute atomic E-state index is 0.0204. The highest BCUT2D eigenvalue weighted by atomic mass is 16.3. The van der Waals surface area contributed by atoms with Gasteiger partial charge in [0.15, 0.2) is 0 Å². The lowest BCUT2D eigenvalue weighted by molar-refractivity contribution is -0.00440. The van der Waals surface area contributed by atoms with Crippen LogP contribution in [0.4, 0.5) is 0 Å². The number of β-amino-alcohol motifs (C(OH)–C–C–N with tert-alkyl or cyclic N) is 1. The minimum Gasteiger partial charge on any atom is -0.396 e. The van der Waals surface area contributed by atoms with E-state index < -0.39 is 6.10 Å². The molecular formula is C21H24N4O2. The zero-order chi connectivity index (χ0) is 18.6. The highest BCUT2D eigenvalue weighted by molar-refractivity contribution is 5.62. The van der Waals surface area contributed by atoms with Crippen LogP contribution < -0.4 is 0 Å². The van der Waals surface area contributed by atoms with Crippen LogP contribution in [0.5, 0.6) is 0 Å². The number of aliphatic hydroxyl groups is 2. The first-order chi connectivity index (χ1) is 13.2. The Balaban J connectivity index is 1.64. The van der Waals surface area contributed by atoms with Gasteiger partial charge < -0.3 is 10.2 Å². The van der Waals surface area contributed by atoms with Gasteiger partial charge in [0.05, 0.1) is 17.5 Å². The number of pyridine rings is 1. The molecule has 0 radical (unpaired) electrons. The Kier molecular flexibility index (Phi) is 5.29. The number of rotatable bonds is 5. The van der Waals surface area contributed by atoms with E-state index in [0.29, 0.717) is 13.1 Å². The molecule has 2 atom stereocenters. The molecule has 2 aromatic heterocycles. The van der Waals surface area contributed by atoms with Gasteiger partial charge in [0.25, 0.3) is 0 Å². The summed E-state index contributed by atoms with van der Waals surface area (Å²) in [6.07, 6.45) is 5.93. The quantitative estimate of drug-likeness (QED) is 0.725. The smallest absolute Gasteiger partial charge is 0.0973 e. The maximum absolute atomic E-state index is 10.3. The Hall–Kier alpha value is -2.54. The van der Waals surface area contributed by atoms with E-state index in [2.05, 4.69) is 16.1 Å². The SMILES string of the molecule is OC[C@@H]1CCN(Cc2cn(-c3ccccc3)nc2-c2ccncc2)C[C@H]1O. The van der Waals surface area contributed by atoms with Gasteiger partial charge in [-0.3, -0.25) is 9.88 Å². The van der Waals surface area contributed by atoms with Crippen LogP contribution in [0.1, 0.15) is 12.0 Å². The molecule has 2 N–H and O–H groups in total. The van der Waals surface area contributed by atoms with Crippen molar-refractivity contribution in [2.75, 3.05) is 19.7 Å². The van der Waals surface area contributed by atoms with Gasteiger partial charge in [-0.05, 0) is 37.2 Å². The lowest BCUT2D eigenvalue weighted by Crippen LogP contribution is -2.44. The fourth-order valence-electron chi connectivity index (χ4n) is 3.63. The van der Waals surface area contributed by atoms with Crippen LogP contribution in [-0.2, 0) is 6.54 Å². The average Bonchev–Trinajstić information content (AvgIpc) is 3.13. The normalized spacial score (nSPS) is 20.7. The van der Waals surface area contributed by atoms with E-state index in [1.54, 1.807) is 12.4 Å². The highest BCUT2D eigenvalue weighted by Crippen LogP contribution is 2.26. The topological polar surface area (TPSA) is 74.4 Å². The zero-order valence-corrected chi connectivity index (χ0v) is 15.1. The molecule has 0 spiro atoms. The Morgan fingerprint density at radius 1 is 1.07 bits per heavy atom. The van der Waals surface area contributed by atoms with E-state index in [9.17, 15) is 10.2 Å². The molecule has 0 unspecified atom stereocenters. The summed E-state index contributed by atoms with van der Waals surface area (Å²) in [5.41, 5.74) is 4.08. The molecule has 140 valence electrons. The summed E-state index contributed by atoms with van der Waals surface area (Å²) < 4.78 is 1.90. The third-order valence-corrected chi connectivity index (χ3v) is 5.20. The first-order valence-electron chi connectivity index (χ1n) is 9.30. The standard InChI is InChI=1S/C21H24N4O2/c26-15-17-8-11-24(14-20(17)27)12-18-13-25(19-4-2-1-3-5-19)23-21(18)16-6-9-22-10-7-16/h1-7,9-10,13,17,20,26-27H,8,11-12,14-15H2/t17-,20+/m0/s1. The Bertz CT molecular complexity index is 866. The van der Waals surface area contributed by atoms with Crippen LogP contribution in [0.2, 0.25) is 0 Å². The third-order valence-electron chi connectivity index (χ3n) is 5.20. The number of nitrogens with zero attached hydrogens (tertiary/aromatic N) is 4. The van der Waals surface area contributed by atoms with Gasteiger partial charge in [0, 0.05) is 55.3 Å². The second-order valence-electron chi connectivity index (χ2n) is 7.05. The molecule has 1 saturated heterocycles. The van der Waals surface area contributed by atoms with Crippen molar-refractivity contribution in [3.63, 3.8) is 0 Å². The van der Waals surface area contributed by atoms with Crippen molar-refractivity contribution < 1.29 is 10.2 Å². The second-order valence-corrected chi connectivity index (χ2v) is 7.05. The van der Waals surface area contributed by atoms with Gasteiger partial charge in [-0.2, -0.15) is 5.10 Å². The lowest BCUT2D eigenvalue weighted by atomic mass is 9.94. The van der Waals surface area contributed by atoms with Gasteiger partial charge >= 0.3 is 0 Å². The molecule has 6 heteroatoms. The number of aromatic nitrogens is 3. The van der Waals surface area contributed by atoms with E-state index in [0.717, 1.165) is 35.5 Å². The van der Waals surface area contributed by atoms with E-state index in [1.165, 1.54) is 0 Å². The van der Waals surface area contributed by atoms with Gasteiger partial charge in [-0.15, -0.1) is 0 Å². The van der Waals surface area contributed by atoms with Crippen LogP contribution in [-0.4, -0.2) is 55.7 Å². The van der Waals surface area contributed by atoms with Crippen molar-refractivity contribution >= 4 is 0 Å². The summed E-state index contributed by atoms with van der Waals surface area (Å²) >= 11 is 0. The molecule has 0 amide bonds. The molecule has 6 nitrogen and oxygen atoms in total. The van der Waals surface area contributed by atoms with Crippen molar-refractivity contribution in [3.8, 4) is 16.9 Å². The monoisotopic (exact) mass is 364 g/mol. The Labute approximate surface area is 158 Å². The number of piperidine rings is 1. The fourth-order valence-corrected chi connectivity index (χ4v) is 3.63. The van der Waals surface area contributed by atoms with Crippen LogP contribution in [0.25, 0.3) is 16.9 Å². The predicted octanol–water partition coefficient (Wildman–Crippen LogP) is 2.11. The number of aliphatic hydroxyl groups excluding tert-OH is 2. The Morgan fingerprint density at radius 2 is 1.85 bits per heavy atom. The van der Waals surface area contributed by atoms with Gasteiger partial charge in [0.2, 0.25) is 0 Å². The number of likely N-dealkylation sites (tertiary alicyclic amines) is 1. The zero-order valence-electron chi connectivity index (χ0n) is 15.1. The average molecular weight is 364 g/mol. The van der Waals surface area contributed by atoms with Gasteiger partial charge in [-0.1, -0.05) is 18.2 Å². The first kappa shape index (κ1) is 17.9. The van der Waals surface area contributed by atoms with E-state index in [-0.39, 0.29) is 12.5 Å². The summed E-state index contributed by atoms with van der Waals surface area (Å²) in [5.74, 6) is -0.0204. The van der Waals surface area contributed by atoms with Gasteiger partial charge in [-0.25, -0.2) is 4.68 Å². The van der Waals surface area contributed by atoms with Crippen molar-refractivity contribution in [1.82, 2.24) is 19.7 Å². The summed E-state index contributed by atoms with van der Waals surface area (Å²) in [4.78, 5) is 6.34. The molecular weight excluding hydrogens is 340 g/mol. The number of hydrogen-bond acceptors (Lipinski definition) is 5. The van der Waals surface area contributed by atoms with Crippen molar-refractivity contribution in [2.45, 2.75) is 19.1 Å². The minimum atomic E-state index is -0.489. The number of para-hydroxylation sites is 1. The summed E-state index contributed by atoms with van der Waals surface area (Å²) in [7, 11) is 0. The molecule has 3 aromatic rings. The predicted molar refractivity (Wildman–Crippen MR) is 103 cm³/mol. The number of hydrogen-bond donors (Lipinski definition) is 2. The van der Waals surface area contributed by atoms with Crippen molar-refractivity contribution in [1.29, 1.82) is 0 Å². The fraction of sp³-hybridized carbons (Fsp3) is 0.333. The molecule has 3 heterocycles. The molecule has 27 heavy (non-hydrogen) atoms. The highest BCUT2D eigenvalue weighted by Gasteiger charge is 2.28. The molecule has 0 bridgehead atoms. The third kappa shape index (κ3) is 3.93.